The summed E-state index contributed by atoms with van der Waals surface area (Å²) in [6, 6.07) is 9.26. The van der Waals surface area contributed by atoms with Gasteiger partial charge in [-0.05, 0) is 25.0 Å². The number of aromatic nitrogens is 2. The molecule has 1 aromatic heterocycles. The second-order valence-corrected chi connectivity index (χ2v) is 7.53. The Morgan fingerprint density at radius 2 is 1.84 bits per heavy atom. The molecule has 0 spiro atoms. The van der Waals surface area contributed by atoms with Gasteiger partial charge in [0.25, 0.3) is 5.91 Å². The average Bonchev–Trinajstić information content (AvgIpc) is 3.11. The Balaban J connectivity index is 1.53. The van der Waals surface area contributed by atoms with Gasteiger partial charge < -0.3 is 10.2 Å². The third-order valence-corrected chi connectivity index (χ3v) is 5.48. The first-order valence-corrected chi connectivity index (χ1v) is 9.35. The van der Waals surface area contributed by atoms with Crippen LogP contribution in [0, 0.1) is 5.92 Å². The molecule has 1 fully saturated rings. The Kier molecular flexibility index (Phi) is 5.43. The molecule has 1 aliphatic heterocycles. The molecule has 7 heteroatoms. The minimum Gasteiger partial charge on any atom is -0.339 e. The summed E-state index contributed by atoms with van der Waals surface area (Å²) in [5.74, 6) is 0.213. The molecular formula is C18H22N4O2S. The van der Waals surface area contributed by atoms with Crippen LogP contribution in [-0.4, -0.2) is 40.0 Å². The highest BCUT2D eigenvalue weighted by atomic mass is 32.1. The number of hydrogen-bond acceptors (Lipinski definition) is 5. The molecule has 0 unspecified atom stereocenters. The summed E-state index contributed by atoms with van der Waals surface area (Å²) in [4.78, 5) is 26.7. The zero-order chi connectivity index (χ0) is 17.8. The number of nitrogens with one attached hydrogen (secondary N) is 1. The van der Waals surface area contributed by atoms with Crippen molar-refractivity contribution in [1.82, 2.24) is 15.1 Å². The number of amides is 2. The van der Waals surface area contributed by atoms with E-state index >= 15 is 0 Å². The monoisotopic (exact) mass is 358 g/mol. The minimum atomic E-state index is -0.0915. The molecule has 3 rings (SSSR count). The fraction of sp³-hybridized carbons (Fsp3) is 0.444. The molecule has 2 heterocycles. The lowest BCUT2D eigenvalue weighted by Gasteiger charge is -2.31. The molecule has 0 saturated carbocycles. The highest BCUT2D eigenvalue weighted by Crippen LogP contribution is 2.25. The summed E-state index contributed by atoms with van der Waals surface area (Å²) in [6.45, 7) is 5.29. The number of nitrogens with zero attached hydrogens (tertiary/aromatic N) is 3. The molecule has 1 aliphatic rings. The molecule has 1 N–H and O–H groups in total. The summed E-state index contributed by atoms with van der Waals surface area (Å²) in [7, 11) is 0. The van der Waals surface area contributed by atoms with E-state index in [9.17, 15) is 9.59 Å². The van der Waals surface area contributed by atoms with Gasteiger partial charge in [-0.3, -0.25) is 9.59 Å². The predicted octanol–water partition coefficient (Wildman–Crippen LogP) is 3.15. The summed E-state index contributed by atoms with van der Waals surface area (Å²) < 4.78 is 0. The first-order valence-electron chi connectivity index (χ1n) is 8.53. The number of benzene rings is 1. The van der Waals surface area contributed by atoms with E-state index in [0.29, 0.717) is 42.5 Å². The molecule has 132 valence electrons. The second kappa shape index (κ2) is 7.74. The number of hydrogen-bond donors (Lipinski definition) is 1. The molecular weight excluding hydrogens is 336 g/mol. The lowest BCUT2D eigenvalue weighted by atomic mass is 9.95. The van der Waals surface area contributed by atoms with E-state index in [2.05, 4.69) is 15.5 Å². The zero-order valence-corrected chi connectivity index (χ0v) is 15.3. The molecule has 1 saturated heterocycles. The van der Waals surface area contributed by atoms with Crippen LogP contribution in [0.4, 0.5) is 5.13 Å². The van der Waals surface area contributed by atoms with E-state index in [-0.39, 0.29) is 17.7 Å². The Bertz CT molecular complexity index is 737. The summed E-state index contributed by atoms with van der Waals surface area (Å²) >= 11 is 1.42. The van der Waals surface area contributed by atoms with Crippen LogP contribution in [0.5, 0.6) is 0 Å². The average molecular weight is 358 g/mol. The minimum absolute atomic E-state index is 0.0294. The van der Waals surface area contributed by atoms with Crippen LogP contribution < -0.4 is 5.32 Å². The predicted molar refractivity (Wildman–Crippen MR) is 97.7 cm³/mol. The maximum Gasteiger partial charge on any atom is 0.253 e. The summed E-state index contributed by atoms with van der Waals surface area (Å²) in [6.07, 6.45) is 1.33. The normalized spacial score (nSPS) is 15.4. The van der Waals surface area contributed by atoms with Crippen LogP contribution >= 0.6 is 11.3 Å². The number of likely N-dealkylation sites (tertiary alicyclic amines) is 1. The van der Waals surface area contributed by atoms with Crippen LogP contribution in [-0.2, 0) is 4.79 Å². The maximum atomic E-state index is 12.4. The summed E-state index contributed by atoms with van der Waals surface area (Å²) in [5.41, 5.74) is 0.695. The molecule has 25 heavy (non-hydrogen) atoms. The van der Waals surface area contributed by atoms with Gasteiger partial charge in [0.2, 0.25) is 11.0 Å². The summed E-state index contributed by atoms with van der Waals surface area (Å²) in [5, 5.41) is 12.4. The fourth-order valence-corrected chi connectivity index (χ4v) is 3.58. The molecule has 0 radical (unpaired) electrons. The number of anilines is 1. The lowest BCUT2D eigenvalue weighted by molar-refractivity contribution is -0.121. The third kappa shape index (κ3) is 4.22. The number of carbonyl (C=O) groups excluding carboxylic acids is 2. The smallest absolute Gasteiger partial charge is 0.253 e. The van der Waals surface area contributed by atoms with Gasteiger partial charge in [0.1, 0.15) is 5.01 Å². The van der Waals surface area contributed by atoms with E-state index in [1.54, 1.807) is 0 Å². The first kappa shape index (κ1) is 17.5. The highest BCUT2D eigenvalue weighted by molar-refractivity contribution is 7.15. The Morgan fingerprint density at radius 3 is 2.44 bits per heavy atom. The topological polar surface area (TPSA) is 75.2 Å². The Labute approximate surface area is 151 Å². The van der Waals surface area contributed by atoms with Crippen LogP contribution in [0.2, 0.25) is 0 Å². The Hall–Kier alpha value is -2.28. The Morgan fingerprint density at radius 1 is 1.16 bits per heavy atom. The van der Waals surface area contributed by atoms with Crippen LogP contribution in [0.3, 0.4) is 0 Å². The van der Waals surface area contributed by atoms with E-state index in [4.69, 9.17) is 0 Å². The van der Waals surface area contributed by atoms with E-state index in [0.717, 1.165) is 5.01 Å². The van der Waals surface area contributed by atoms with Gasteiger partial charge in [-0.2, -0.15) is 0 Å². The highest BCUT2D eigenvalue weighted by Gasteiger charge is 2.28. The fourth-order valence-electron chi connectivity index (χ4n) is 2.83. The van der Waals surface area contributed by atoms with Gasteiger partial charge in [0.15, 0.2) is 0 Å². The molecule has 2 aromatic rings. The van der Waals surface area contributed by atoms with Crippen molar-refractivity contribution in [2.45, 2.75) is 32.6 Å². The van der Waals surface area contributed by atoms with Crippen molar-refractivity contribution in [3.05, 3.63) is 40.9 Å². The van der Waals surface area contributed by atoms with Gasteiger partial charge in [0, 0.05) is 30.5 Å². The number of rotatable bonds is 4. The number of piperidine rings is 1. The largest absolute Gasteiger partial charge is 0.339 e. The molecule has 0 aliphatic carbocycles. The SMILES string of the molecule is CC(C)c1nnc(NC(=O)C2CCN(C(=O)c3ccccc3)CC2)s1. The van der Waals surface area contributed by atoms with Crippen molar-refractivity contribution >= 4 is 28.3 Å². The van der Waals surface area contributed by atoms with Gasteiger partial charge in [-0.1, -0.05) is 43.4 Å². The van der Waals surface area contributed by atoms with Gasteiger partial charge in [-0.25, -0.2) is 0 Å². The molecule has 0 atom stereocenters. The van der Waals surface area contributed by atoms with Gasteiger partial charge >= 0.3 is 0 Å². The van der Waals surface area contributed by atoms with Crippen molar-refractivity contribution < 1.29 is 9.59 Å². The van der Waals surface area contributed by atoms with E-state index in [1.165, 1.54) is 11.3 Å². The van der Waals surface area contributed by atoms with Crippen molar-refractivity contribution in [3.63, 3.8) is 0 Å². The van der Waals surface area contributed by atoms with Crippen molar-refractivity contribution in [2.24, 2.45) is 5.92 Å². The first-order chi connectivity index (χ1) is 12.0. The van der Waals surface area contributed by atoms with Crippen LogP contribution in [0.25, 0.3) is 0 Å². The van der Waals surface area contributed by atoms with Crippen LogP contribution in [0.15, 0.2) is 30.3 Å². The van der Waals surface area contributed by atoms with Crippen molar-refractivity contribution in [3.8, 4) is 0 Å². The molecule has 0 bridgehead atoms. The van der Waals surface area contributed by atoms with Crippen molar-refractivity contribution in [2.75, 3.05) is 18.4 Å². The maximum absolute atomic E-state index is 12.4. The van der Waals surface area contributed by atoms with Gasteiger partial charge in [-0.15, -0.1) is 10.2 Å². The molecule has 6 nitrogen and oxygen atoms in total. The number of carbonyl (C=O) groups is 2. The van der Waals surface area contributed by atoms with E-state index < -0.39 is 0 Å². The zero-order valence-electron chi connectivity index (χ0n) is 14.4. The second-order valence-electron chi connectivity index (χ2n) is 6.52. The molecule has 1 aromatic carbocycles. The third-order valence-electron chi connectivity index (χ3n) is 4.34. The standard InChI is InChI=1S/C18H22N4O2S/c1-12(2)16-20-21-18(25-16)19-15(23)13-8-10-22(11-9-13)17(24)14-6-4-3-5-7-14/h3-7,12-13H,8-11H2,1-2H3,(H,19,21,23). The quantitative estimate of drug-likeness (QED) is 0.911. The van der Waals surface area contributed by atoms with Gasteiger partial charge in [0.05, 0.1) is 0 Å². The van der Waals surface area contributed by atoms with Crippen LogP contribution in [0.1, 0.15) is 48.0 Å². The molecule has 2 amide bonds. The lowest BCUT2D eigenvalue weighted by Crippen LogP contribution is -2.41. The van der Waals surface area contributed by atoms with Crippen molar-refractivity contribution in [1.29, 1.82) is 0 Å². The van der Waals surface area contributed by atoms with E-state index in [1.807, 2.05) is 49.1 Å².